The molecule has 1 heterocycles. The molecule has 5 atom stereocenters. The zero-order chi connectivity index (χ0) is 13.5. The van der Waals surface area contributed by atoms with Gasteiger partial charge >= 0.3 is 0 Å². The summed E-state index contributed by atoms with van der Waals surface area (Å²) in [5, 5.41) is 3.78. The molecule has 0 radical (unpaired) electrons. The highest BCUT2D eigenvalue weighted by molar-refractivity contribution is 4.97. The lowest BCUT2D eigenvalue weighted by Gasteiger charge is -2.40. The number of nitrogens with one attached hydrogen (secondary N) is 1. The van der Waals surface area contributed by atoms with Crippen LogP contribution in [0.3, 0.4) is 0 Å². The lowest BCUT2D eigenvalue weighted by molar-refractivity contribution is 0.101. The Balaban J connectivity index is 1.66. The molecule has 2 bridgehead atoms. The van der Waals surface area contributed by atoms with Crippen molar-refractivity contribution in [3.63, 3.8) is 0 Å². The molecule has 2 aliphatic carbocycles. The Hall–Kier alpha value is -0.0800. The third-order valence-corrected chi connectivity index (χ3v) is 6.49. The first-order valence-corrected chi connectivity index (χ1v) is 8.60. The van der Waals surface area contributed by atoms with Gasteiger partial charge in [-0.15, -0.1) is 0 Å². The maximum absolute atomic E-state index is 3.78. The van der Waals surface area contributed by atoms with E-state index in [0.29, 0.717) is 5.54 Å². The van der Waals surface area contributed by atoms with E-state index in [2.05, 4.69) is 31.0 Å². The van der Waals surface area contributed by atoms with E-state index >= 15 is 0 Å². The highest BCUT2D eigenvalue weighted by atomic mass is 15.2. The van der Waals surface area contributed by atoms with Crippen molar-refractivity contribution in [3.8, 4) is 0 Å². The molecule has 2 heteroatoms. The summed E-state index contributed by atoms with van der Waals surface area (Å²) >= 11 is 0. The monoisotopic (exact) mass is 264 g/mol. The molecule has 1 aliphatic heterocycles. The minimum absolute atomic E-state index is 0.336. The van der Waals surface area contributed by atoms with Crippen molar-refractivity contribution in [1.29, 1.82) is 0 Å². The van der Waals surface area contributed by atoms with E-state index in [0.717, 1.165) is 23.8 Å². The zero-order valence-electron chi connectivity index (χ0n) is 13.1. The summed E-state index contributed by atoms with van der Waals surface area (Å²) < 4.78 is 0. The molecule has 0 aromatic carbocycles. The van der Waals surface area contributed by atoms with Crippen LogP contribution in [0.5, 0.6) is 0 Å². The van der Waals surface area contributed by atoms with Crippen LogP contribution in [0.1, 0.15) is 59.3 Å². The Bertz CT molecular complexity index is 316. The molecule has 5 unspecified atom stereocenters. The second-order valence-electron chi connectivity index (χ2n) is 7.74. The summed E-state index contributed by atoms with van der Waals surface area (Å²) in [4.78, 5) is 2.81. The molecular weight excluding hydrogens is 232 g/mol. The smallest absolute Gasteiger partial charge is 0.0277 e. The largest absolute Gasteiger partial charge is 0.310 e. The van der Waals surface area contributed by atoms with Crippen LogP contribution in [-0.4, -0.2) is 36.1 Å². The Morgan fingerprint density at radius 2 is 2.16 bits per heavy atom. The van der Waals surface area contributed by atoms with E-state index in [1.807, 2.05) is 0 Å². The van der Waals surface area contributed by atoms with E-state index in [-0.39, 0.29) is 0 Å². The number of fused-ring (bicyclic) bond motifs is 2. The fourth-order valence-corrected chi connectivity index (χ4v) is 5.00. The van der Waals surface area contributed by atoms with Gasteiger partial charge in [-0.1, -0.05) is 13.3 Å². The summed E-state index contributed by atoms with van der Waals surface area (Å²) in [6.07, 6.45) is 8.69. The average Bonchev–Trinajstić information content (AvgIpc) is 2.98. The minimum atomic E-state index is 0.336. The summed E-state index contributed by atoms with van der Waals surface area (Å²) in [6.45, 7) is 11.0. The van der Waals surface area contributed by atoms with Gasteiger partial charge in [0, 0.05) is 18.1 Å². The molecule has 19 heavy (non-hydrogen) atoms. The third-order valence-electron chi connectivity index (χ3n) is 6.49. The fraction of sp³-hybridized carbons (Fsp3) is 1.00. The first-order valence-electron chi connectivity index (χ1n) is 8.60. The molecular formula is C17H32N2. The Kier molecular flexibility index (Phi) is 3.92. The lowest BCUT2D eigenvalue weighted by atomic mass is 9.82. The van der Waals surface area contributed by atoms with E-state index in [1.54, 1.807) is 6.42 Å². The standard InChI is InChI=1S/C17H32N2/c1-4-17(3)12-19(9-5-8-18-17)13(2)16-11-14-6-7-15(16)10-14/h13-16,18H,4-12H2,1-3H3. The van der Waals surface area contributed by atoms with Crippen LogP contribution in [0.2, 0.25) is 0 Å². The van der Waals surface area contributed by atoms with Crippen LogP contribution in [0.15, 0.2) is 0 Å². The molecule has 0 aromatic heterocycles. The van der Waals surface area contributed by atoms with E-state index in [1.165, 1.54) is 51.7 Å². The molecule has 1 N–H and O–H groups in total. The van der Waals surface area contributed by atoms with Crippen molar-refractivity contribution in [1.82, 2.24) is 10.2 Å². The Morgan fingerprint density at radius 1 is 1.32 bits per heavy atom. The molecule has 110 valence electrons. The first-order chi connectivity index (χ1) is 9.11. The second kappa shape index (κ2) is 5.37. The summed E-state index contributed by atoms with van der Waals surface area (Å²) in [7, 11) is 0. The molecule has 2 nitrogen and oxygen atoms in total. The van der Waals surface area contributed by atoms with Crippen molar-refractivity contribution >= 4 is 0 Å². The van der Waals surface area contributed by atoms with Gasteiger partial charge < -0.3 is 5.32 Å². The van der Waals surface area contributed by atoms with Gasteiger partial charge in [0.15, 0.2) is 0 Å². The van der Waals surface area contributed by atoms with Crippen LogP contribution in [-0.2, 0) is 0 Å². The molecule has 3 rings (SSSR count). The second-order valence-corrected chi connectivity index (χ2v) is 7.74. The topological polar surface area (TPSA) is 15.3 Å². The van der Waals surface area contributed by atoms with Gasteiger partial charge in [-0.25, -0.2) is 0 Å². The molecule has 2 saturated carbocycles. The molecule has 0 aromatic rings. The van der Waals surface area contributed by atoms with Crippen LogP contribution >= 0.6 is 0 Å². The highest BCUT2D eigenvalue weighted by Crippen LogP contribution is 2.50. The van der Waals surface area contributed by atoms with Gasteiger partial charge in [0.2, 0.25) is 0 Å². The van der Waals surface area contributed by atoms with Crippen molar-refractivity contribution in [2.75, 3.05) is 19.6 Å². The van der Waals surface area contributed by atoms with Gasteiger partial charge in [0.1, 0.15) is 0 Å². The lowest BCUT2D eigenvalue weighted by Crippen LogP contribution is -2.52. The van der Waals surface area contributed by atoms with Crippen molar-refractivity contribution in [3.05, 3.63) is 0 Å². The number of hydrogen-bond acceptors (Lipinski definition) is 2. The Labute approximate surface area is 119 Å². The summed E-state index contributed by atoms with van der Waals surface area (Å²) in [5.41, 5.74) is 0.336. The zero-order valence-corrected chi connectivity index (χ0v) is 13.1. The molecule has 1 saturated heterocycles. The summed E-state index contributed by atoms with van der Waals surface area (Å²) in [6, 6.07) is 0.807. The van der Waals surface area contributed by atoms with Crippen molar-refractivity contribution < 1.29 is 0 Å². The van der Waals surface area contributed by atoms with Crippen LogP contribution in [0.25, 0.3) is 0 Å². The van der Waals surface area contributed by atoms with E-state index in [4.69, 9.17) is 0 Å². The summed E-state index contributed by atoms with van der Waals surface area (Å²) in [5.74, 6) is 3.14. The number of hydrogen-bond donors (Lipinski definition) is 1. The predicted octanol–water partition coefficient (Wildman–Crippen LogP) is 3.28. The highest BCUT2D eigenvalue weighted by Gasteiger charge is 2.44. The minimum Gasteiger partial charge on any atom is -0.310 e. The average molecular weight is 264 g/mol. The van der Waals surface area contributed by atoms with Gasteiger partial charge in [0.05, 0.1) is 0 Å². The van der Waals surface area contributed by atoms with Gasteiger partial charge in [-0.05, 0) is 76.8 Å². The first kappa shape index (κ1) is 13.9. The number of rotatable bonds is 3. The molecule has 3 aliphatic rings. The van der Waals surface area contributed by atoms with Crippen LogP contribution in [0, 0.1) is 17.8 Å². The van der Waals surface area contributed by atoms with Crippen LogP contribution < -0.4 is 5.32 Å². The van der Waals surface area contributed by atoms with Crippen LogP contribution in [0.4, 0.5) is 0 Å². The van der Waals surface area contributed by atoms with Gasteiger partial charge in [0.25, 0.3) is 0 Å². The van der Waals surface area contributed by atoms with E-state index in [9.17, 15) is 0 Å². The molecule has 0 amide bonds. The Morgan fingerprint density at radius 3 is 2.79 bits per heavy atom. The predicted molar refractivity (Wildman–Crippen MR) is 81.3 cm³/mol. The normalized spacial score (nSPS) is 45.3. The quantitative estimate of drug-likeness (QED) is 0.841. The third kappa shape index (κ3) is 2.71. The van der Waals surface area contributed by atoms with Gasteiger partial charge in [-0.3, -0.25) is 4.90 Å². The molecule has 3 fully saturated rings. The SMILES string of the molecule is CCC1(C)CN(C(C)C2CC3CCC2C3)CCCN1. The maximum Gasteiger partial charge on any atom is 0.0277 e. The van der Waals surface area contributed by atoms with Crippen molar-refractivity contribution in [2.45, 2.75) is 70.9 Å². The maximum atomic E-state index is 3.78. The fourth-order valence-electron chi connectivity index (χ4n) is 5.00. The number of nitrogens with zero attached hydrogens (tertiary/aromatic N) is 1. The van der Waals surface area contributed by atoms with Crippen molar-refractivity contribution in [2.24, 2.45) is 17.8 Å². The molecule has 0 spiro atoms. The van der Waals surface area contributed by atoms with E-state index < -0.39 is 0 Å². The van der Waals surface area contributed by atoms with Gasteiger partial charge in [-0.2, -0.15) is 0 Å².